The summed E-state index contributed by atoms with van der Waals surface area (Å²) in [6.45, 7) is 0. The van der Waals surface area contributed by atoms with E-state index in [9.17, 15) is 4.79 Å². The van der Waals surface area contributed by atoms with Crippen LogP contribution in [0.3, 0.4) is 0 Å². The van der Waals surface area contributed by atoms with Crippen LogP contribution in [0.4, 0.5) is 17.3 Å². The lowest BCUT2D eigenvalue weighted by Crippen LogP contribution is -2.12. The zero-order chi connectivity index (χ0) is 17.6. The standard InChI is InChI=1S/C17H16N4O4/c1-23-12-6-5-11(10-14(12)24-2)18-15-7-8-16(21-20-15)19-17(22)13-4-3-9-25-13/h3-10H,1-2H3,(H,18,20)(H,19,21,22). The average Bonchev–Trinajstić information content (AvgIpc) is 3.18. The molecule has 128 valence electrons. The van der Waals surface area contributed by atoms with Crippen LogP contribution in [-0.4, -0.2) is 30.3 Å². The van der Waals surface area contributed by atoms with Crippen molar-refractivity contribution in [3.63, 3.8) is 0 Å². The molecule has 2 heterocycles. The van der Waals surface area contributed by atoms with Gasteiger partial charge in [-0.25, -0.2) is 0 Å². The molecule has 3 rings (SSSR count). The minimum Gasteiger partial charge on any atom is -0.493 e. The molecule has 0 aliphatic rings. The number of rotatable bonds is 6. The van der Waals surface area contributed by atoms with Crippen molar-refractivity contribution in [2.75, 3.05) is 24.9 Å². The summed E-state index contributed by atoms with van der Waals surface area (Å²) in [5, 5.41) is 13.7. The molecular formula is C17H16N4O4. The normalized spacial score (nSPS) is 10.2. The van der Waals surface area contributed by atoms with Gasteiger partial charge >= 0.3 is 0 Å². The third-order valence-electron chi connectivity index (χ3n) is 3.31. The van der Waals surface area contributed by atoms with Gasteiger partial charge in [0.05, 0.1) is 20.5 Å². The molecule has 25 heavy (non-hydrogen) atoms. The average molecular weight is 340 g/mol. The van der Waals surface area contributed by atoms with E-state index in [0.29, 0.717) is 23.1 Å². The van der Waals surface area contributed by atoms with Gasteiger partial charge in [0.1, 0.15) is 0 Å². The summed E-state index contributed by atoms with van der Waals surface area (Å²) >= 11 is 0. The second-order valence-electron chi connectivity index (χ2n) is 4.93. The van der Waals surface area contributed by atoms with Gasteiger partial charge in [0.15, 0.2) is 28.9 Å². The number of aromatic nitrogens is 2. The molecule has 0 unspecified atom stereocenters. The molecule has 0 radical (unpaired) electrons. The van der Waals surface area contributed by atoms with Gasteiger partial charge in [0.25, 0.3) is 5.91 Å². The Hall–Kier alpha value is -3.55. The minimum absolute atomic E-state index is 0.203. The quantitative estimate of drug-likeness (QED) is 0.711. The van der Waals surface area contributed by atoms with Crippen molar-refractivity contribution >= 4 is 23.2 Å². The Balaban J connectivity index is 1.67. The number of nitrogens with zero attached hydrogens (tertiary/aromatic N) is 2. The van der Waals surface area contributed by atoms with Crippen molar-refractivity contribution in [3.05, 3.63) is 54.5 Å². The van der Waals surface area contributed by atoms with Crippen molar-refractivity contribution < 1.29 is 18.7 Å². The number of ether oxygens (including phenoxy) is 2. The van der Waals surface area contributed by atoms with Gasteiger partial charge in [0, 0.05) is 11.8 Å². The molecular weight excluding hydrogens is 324 g/mol. The second kappa shape index (κ2) is 7.35. The van der Waals surface area contributed by atoms with E-state index in [1.807, 2.05) is 6.07 Å². The maximum absolute atomic E-state index is 11.9. The van der Waals surface area contributed by atoms with Crippen LogP contribution < -0.4 is 20.1 Å². The predicted octanol–water partition coefficient (Wildman–Crippen LogP) is 3.08. The Kier molecular flexibility index (Phi) is 4.79. The zero-order valence-corrected chi connectivity index (χ0v) is 13.6. The number of furan rings is 1. The van der Waals surface area contributed by atoms with E-state index in [1.165, 1.54) is 6.26 Å². The zero-order valence-electron chi connectivity index (χ0n) is 13.6. The largest absolute Gasteiger partial charge is 0.493 e. The highest BCUT2D eigenvalue weighted by Gasteiger charge is 2.10. The molecule has 0 aliphatic carbocycles. The first-order chi connectivity index (χ1) is 12.2. The van der Waals surface area contributed by atoms with Crippen LogP contribution in [0.2, 0.25) is 0 Å². The summed E-state index contributed by atoms with van der Waals surface area (Å²) in [5.74, 6) is 1.88. The maximum Gasteiger partial charge on any atom is 0.292 e. The minimum atomic E-state index is -0.389. The summed E-state index contributed by atoms with van der Waals surface area (Å²) in [4.78, 5) is 11.9. The number of anilines is 3. The Morgan fingerprint density at radius 2 is 1.76 bits per heavy atom. The molecule has 0 atom stereocenters. The van der Waals surface area contributed by atoms with E-state index < -0.39 is 0 Å². The van der Waals surface area contributed by atoms with Gasteiger partial charge in [-0.15, -0.1) is 10.2 Å². The first kappa shape index (κ1) is 16.3. The van der Waals surface area contributed by atoms with Crippen LogP contribution in [0, 0.1) is 0 Å². The van der Waals surface area contributed by atoms with Crippen LogP contribution in [0.5, 0.6) is 11.5 Å². The Labute approximate surface area is 143 Å². The topological polar surface area (TPSA) is 98.5 Å². The van der Waals surface area contributed by atoms with Crippen molar-refractivity contribution in [3.8, 4) is 11.5 Å². The number of hydrogen-bond acceptors (Lipinski definition) is 7. The lowest BCUT2D eigenvalue weighted by atomic mass is 10.2. The summed E-state index contributed by atoms with van der Waals surface area (Å²) in [6.07, 6.45) is 1.43. The Bertz CT molecular complexity index is 848. The van der Waals surface area contributed by atoms with Gasteiger partial charge < -0.3 is 24.5 Å². The van der Waals surface area contributed by atoms with E-state index in [4.69, 9.17) is 13.9 Å². The third-order valence-corrected chi connectivity index (χ3v) is 3.31. The summed E-state index contributed by atoms with van der Waals surface area (Å²) in [6, 6.07) is 11.9. The van der Waals surface area contributed by atoms with Gasteiger partial charge in [-0.05, 0) is 36.4 Å². The number of amides is 1. The van der Waals surface area contributed by atoms with Crippen LogP contribution in [0.15, 0.2) is 53.1 Å². The van der Waals surface area contributed by atoms with Gasteiger partial charge in [-0.2, -0.15) is 0 Å². The number of carbonyl (C=O) groups excluding carboxylic acids is 1. The van der Waals surface area contributed by atoms with E-state index >= 15 is 0 Å². The number of benzene rings is 1. The molecule has 3 aromatic rings. The van der Waals surface area contributed by atoms with Crippen molar-refractivity contribution in [1.29, 1.82) is 0 Å². The molecule has 0 bridgehead atoms. The summed E-state index contributed by atoms with van der Waals surface area (Å²) < 4.78 is 15.5. The molecule has 0 aliphatic heterocycles. The van der Waals surface area contributed by atoms with E-state index in [0.717, 1.165) is 5.69 Å². The Morgan fingerprint density at radius 1 is 1.00 bits per heavy atom. The summed E-state index contributed by atoms with van der Waals surface area (Å²) in [5.41, 5.74) is 0.763. The summed E-state index contributed by atoms with van der Waals surface area (Å²) in [7, 11) is 3.14. The first-order valence-corrected chi connectivity index (χ1v) is 7.37. The highest BCUT2D eigenvalue weighted by Crippen LogP contribution is 2.30. The van der Waals surface area contributed by atoms with Crippen LogP contribution >= 0.6 is 0 Å². The van der Waals surface area contributed by atoms with E-state index in [-0.39, 0.29) is 11.7 Å². The van der Waals surface area contributed by atoms with Crippen LogP contribution in [0.1, 0.15) is 10.6 Å². The fraction of sp³-hybridized carbons (Fsp3) is 0.118. The fourth-order valence-electron chi connectivity index (χ4n) is 2.11. The number of methoxy groups -OCH3 is 2. The smallest absolute Gasteiger partial charge is 0.292 e. The molecule has 1 amide bonds. The van der Waals surface area contributed by atoms with Crippen LogP contribution in [-0.2, 0) is 0 Å². The van der Waals surface area contributed by atoms with E-state index in [1.54, 1.807) is 50.6 Å². The molecule has 0 saturated heterocycles. The lowest BCUT2D eigenvalue weighted by Gasteiger charge is -2.10. The van der Waals surface area contributed by atoms with Gasteiger partial charge in [-0.3, -0.25) is 4.79 Å². The van der Waals surface area contributed by atoms with Crippen molar-refractivity contribution in [2.45, 2.75) is 0 Å². The molecule has 1 aromatic carbocycles. The first-order valence-electron chi connectivity index (χ1n) is 7.37. The third kappa shape index (κ3) is 3.86. The SMILES string of the molecule is COc1ccc(Nc2ccc(NC(=O)c3ccco3)nn2)cc1OC. The highest BCUT2D eigenvalue weighted by molar-refractivity contribution is 6.01. The lowest BCUT2D eigenvalue weighted by molar-refractivity contribution is 0.0996. The predicted molar refractivity (Wildman–Crippen MR) is 91.5 cm³/mol. The molecule has 2 N–H and O–H groups in total. The molecule has 8 nitrogen and oxygen atoms in total. The monoisotopic (exact) mass is 340 g/mol. The fourth-order valence-corrected chi connectivity index (χ4v) is 2.11. The molecule has 2 aromatic heterocycles. The Morgan fingerprint density at radius 3 is 2.40 bits per heavy atom. The second-order valence-corrected chi connectivity index (χ2v) is 4.93. The maximum atomic E-state index is 11.9. The highest BCUT2D eigenvalue weighted by atomic mass is 16.5. The van der Waals surface area contributed by atoms with Gasteiger partial charge in [0.2, 0.25) is 0 Å². The molecule has 0 spiro atoms. The molecule has 0 saturated carbocycles. The molecule has 8 heteroatoms. The van der Waals surface area contributed by atoms with Crippen molar-refractivity contribution in [2.24, 2.45) is 0 Å². The van der Waals surface area contributed by atoms with E-state index in [2.05, 4.69) is 20.8 Å². The number of hydrogen-bond donors (Lipinski definition) is 2. The number of nitrogens with one attached hydrogen (secondary N) is 2. The number of carbonyl (C=O) groups is 1. The molecule has 0 fully saturated rings. The van der Waals surface area contributed by atoms with Crippen molar-refractivity contribution in [1.82, 2.24) is 10.2 Å². The van der Waals surface area contributed by atoms with Gasteiger partial charge in [-0.1, -0.05) is 0 Å². The van der Waals surface area contributed by atoms with Crippen LogP contribution in [0.25, 0.3) is 0 Å².